The number of benzene rings is 1. The summed E-state index contributed by atoms with van der Waals surface area (Å²) >= 11 is 0. The number of anilines is 2. The van der Waals surface area contributed by atoms with Crippen LogP contribution in [0.4, 0.5) is 25.1 Å². The average Bonchev–Trinajstić information content (AvgIpc) is 3.04. The number of halogens is 2. The lowest BCUT2D eigenvalue weighted by molar-refractivity contribution is -0.128. The summed E-state index contributed by atoms with van der Waals surface area (Å²) in [6.45, 7) is 12.1. The third kappa shape index (κ3) is 5.38. The number of nitrogens with one attached hydrogen (secondary N) is 1. The number of piperazine rings is 1. The highest BCUT2D eigenvalue weighted by Crippen LogP contribution is 2.38. The van der Waals surface area contributed by atoms with Crippen LogP contribution in [-0.2, 0) is 11.2 Å². The Kier molecular flexibility index (Phi) is 8.24. The summed E-state index contributed by atoms with van der Waals surface area (Å²) in [4.78, 5) is 58.7. The molecule has 2 bridgehead atoms. The largest absolute Gasteiger partial charge is 0.355 e. The van der Waals surface area contributed by atoms with Crippen LogP contribution in [0.15, 0.2) is 54.0 Å². The molecule has 0 unspecified atom stereocenters. The van der Waals surface area contributed by atoms with Crippen LogP contribution in [0.3, 0.4) is 0 Å². The second kappa shape index (κ2) is 12.2. The Balaban J connectivity index is 1.71. The Bertz CT molecular complexity index is 1990. The van der Waals surface area contributed by atoms with Crippen LogP contribution in [0.1, 0.15) is 44.9 Å². The number of pyridine rings is 2. The number of aromatic nitrogens is 4. The van der Waals surface area contributed by atoms with Crippen molar-refractivity contribution in [3.63, 3.8) is 0 Å². The van der Waals surface area contributed by atoms with Gasteiger partial charge >= 0.3 is 11.7 Å². The van der Waals surface area contributed by atoms with E-state index >= 15 is 8.78 Å². The molecule has 1 N–H and O–H groups in total. The number of urea groups is 1. The minimum absolute atomic E-state index is 0.0624. The molecule has 6 rings (SSSR count). The molecule has 0 aliphatic carbocycles. The van der Waals surface area contributed by atoms with E-state index in [1.54, 1.807) is 17.2 Å². The van der Waals surface area contributed by atoms with Gasteiger partial charge in [-0.3, -0.25) is 14.7 Å². The minimum Gasteiger partial charge on any atom is -0.349 e. The van der Waals surface area contributed by atoms with Crippen molar-refractivity contribution in [1.29, 1.82) is 0 Å². The molecule has 4 aromatic rings. The first-order valence-electron chi connectivity index (χ1n) is 15.5. The van der Waals surface area contributed by atoms with Gasteiger partial charge in [0, 0.05) is 45.0 Å². The van der Waals surface area contributed by atoms with Crippen LogP contribution in [0.25, 0.3) is 28.0 Å². The number of carbonyl (C=O) groups is 2. The van der Waals surface area contributed by atoms with E-state index in [0.29, 0.717) is 36.5 Å². The number of hydrogen-bond acceptors (Lipinski definition) is 7. The summed E-state index contributed by atoms with van der Waals surface area (Å²) in [5, 5.41) is 3.07. The molecule has 0 spiro atoms. The summed E-state index contributed by atoms with van der Waals surface area (Å²) in [5.74, 6) is -1.81. The molecule has 13 heteroatoms. The van der Waals surface area contributed by atoms with Gasteiger partial charge in [-0.1, -0.05) is 26.5 Å². The number of rotatable bonds is 3. The Morgan fingerprint density at radius 1 is 1.09 bits per heavy atom. The maximum absolute atomic E-state index is 16.4. The second-order valence-corrected chi connectivity index (χ2v) is 12.3. The van der Waals surface area contributed by atoms with Crippen LogP contribution in [0, 0.1) is 11.6 Å². The van der Waals surface area contributed by atoms with Crippen molar-refractivity contribution in [1.82, 2.24) is 29.7 Å². The summed E-state index contributed by atoms with van der Waals surface area (Å²) < 4.78 is 33.5. The lowest BCUT2D eigenvalue weighted by Gasteiger charge is -2.44. The van der Waals surface area contributed by atoms with Gasteiger partial charge in [0.15, 0.2) is 11.5 Å². The van der Waals surface area contributed by atoms with Gasteiger partial charge in [0.25, 0.3) is 0 Å². The number of fused-ring (bicyclic) bond motifs is 5. The summed E-state index contributed by atoms with van der Waals surface area (Å²) in [7, 11) is 1.47. The van der Waals surface area contributed by atoms with Crippen molar-refractivity contribution < 1.29 is 18.4 Å². The lowest BCUT2D eigenvalue weighted by atomic mass is 10.0. The van der Waals surface area contributed by atoms with E-state index < -0.39 is 23.4 Å². The first kappa shape index (κ1) is 31.8. The molecule has 1 fully saturated rings. The van der Waals surface area contributed by atoms with E-state index in [-0.39, 0.29) is 64.2 Å². The molecule has 0 saturated carbocycles. The maximum Gasteiger partial charge on any atom is 0.355 e. The fraction of sp³-hybridized carbons (Fsp3) is 0.353. The Hall–Kier alpha value is -5.20. The molecule has 2 aliphatic rings. The highest BCUT2D eigenvalue weighted by Gasteiger charge is 2.35. The van der Waals surface area contributed by atoms with Gasteiger partial charge in [0.1, 0.15) is 17.3 Å². The fourth-order valence-corrected chi connectivity index (χ4v) is 6.50. The Morgan fingerprint density at radius 2 is 1.85 bits per heavy atom. The zero-order valence-electron chi connectivity index (χ0n) is 26.9. The van der Waals surface area contributed by atoms with Gasteiger partial charge in [-0.25, -0.2) is 27.9 Å². The van der Waals surface area contributed by atoms with Crippen LogP contribution < -0.4 is 20.8 Å². The first-order chi connectivity index (χ1) is 22.4. The van der Waals surface area contributed by atoms with Crippen molar-refractivity contribution in [2.75, 3.05) is 36.5 Å². The van der Waals surface area contributed by atoms with E-state index in [4.69, 9.17) is 4.98 Å². The second-order valence-electron chi connectivity index (χ2n) is 12.3. The molecule has 2 atom stereocenters. The first-order valence-corrected chi connectivity index (χ1v) is 15.5. The molecule has 5 heterocycles. The van der Waals surface area contributed by atoms with E-state index in [2.05, 4.69) is 21.9 Å². The molecule has 1 saturated heterocycles. The Labute approximate surface area is 270 Å². The number of hydrogen-bond donors (Lipinski definition) is 1. The smallest absolute Gasteiger partial charge is 0.349 e. The highest BCUT2D eigenvalue weighted by atomic mass is 19.1. The topological polar surface area (TPSA) is 117 Å². The van der Waals surface area contributed by atoms with Crippen molar-refractivity contribution in [3.8, 4) is 16.9 Å². The summed E-state index contributed by atoms with van der Waals surface area (Å²) in [5.41, 5.74) is 0.596. The van der Waals surface area contributed by atoms with Gasteiger partial charge < -0.3 is 15.1 Å². The van der Waals surface area contributed by atoms with E-state index in [0.717, 1.165) is 0 Å². The molecular weight excluding hydrogens is 606 g/mol. The zero-order chi connectivity index (χ0) is 33.7. The van der Waals surface area contributed by atoms with Gasteiger partial charge in [0.2, 0.25) is 5.91 Å². The molecule has 3 aromatic heterocycles. The van der Waals surface area contributed by atoms with Crippen LogP contribution in [0.2, 0.25) is 0 Å². The molecule has 47 heavy (non-hydrogen) atoms. The average molecular weight is 643 g/mol. The third-order valence-corrected chi connectivity index (χ3v) is 8.89. The summed E-state index contributed by atoms with van der Waals surface area (Å²) in [6, 6.07) is 6.00. The molecule has 1 aromatic carbocycles. The van der Waals surface area contributed by atoms with Gasteiger partial charge in [-0.05, 0) is 62.1 Å². The normalized spacial score (nSPS) is 18.3. The third-order valence-electron chi connectivity index (χ3n) is 8.89. The molecule has 3 amide bonds. The fourth-order valence-electron chi connectivity index (χ4n) is 6.50. The molecular formula is C34H36F2N8O3. The molecule has 244 valence electrons. The Morgan fingerprint density at radius 3 is 2.57 bits per heavy atom. The number of nitrogens with zero attached hydrogens (tertiary/aromatic N) is 7. The summed E-state index contributed by atoms with van der Waals surface area (Å²) in [6.07, 6.45) is 3.23. The molecule has 0 radical (unpaired) electrons. The van der Waals surface area contributed by atoms with Gasteiger partial charge in [0.05, 0.1) is 28.0 Å². The standard InChI is InChI=1S/C34H36F2N8O3/c1-7-26(45)42-16-20(5)43(17-19(42)4)31-22-15-24(36)29-27-23(35)9-8-10-25(27)41(6)33(46)38-14-12-21-11-13-37-28(18(2)3)30(21)44(32(22)39-29)34(47)40-31/h7-11,13,15,18-20H,1,12,14,16-17H2,2-6H3,(H,38,46)/t19-,20+/m1/s1. The van der Waals surface area contributed by atoms with Crippen molar-refractivity contribution in [2.45, 2.75) is 52.1 Å². The van der Waals surface area contributed by atoms with Gasteiger partial charge in [-0.15, -0.1) is 0 Å². The van der Waals surface area contributed by atoms with Crippen molar-refractivity contribution >= 4 is 34.5 Å². The molecule has 11 nitrogen and oxygen atoms in total. The van der Waals surface area contributed by atoms with Crippen molar-refractivity contribution in [2.24, 2.45) is 0 Å². The van der Waals surface area contributed by atoms with E-state index in [1.807, 2.05) is 32.6 Å². The lowest BCUT2D eigenvalue weighted by Crippen LogP contribution is -2.58. The molecule has 2 aliphatic heterocycles. The van der Waals surface area contributed by atoms with E-state index in [1.165, 1.54) is 46.9 Å². The predicted molar refractivity (Wildman–Crippen MR) is 176 cm³/mol. The van der Waals surface area contributed by atoms with Crippen molar-refractivity contribution in [3.05, 3.63) is 82.6 Å². The van der Waals surface area contributed by atoms with E-state index in [9.17, 15) is 14.4 Å². The number of amides is 3. The zero-order valence-corrected chi connectivity index (χ0v) is 26.9. The minimum atomic E-state index is -0.863. The quantitative estimate of drug-likeness (QED) is 0.326. The highest BCUT2D eigenvalue weighted by molar-refractivity contribution is 5.97. The monoisotopic (exact) mass is 642 g/mol. The van der Waals surface area contributed by atoms with Gasteiger partial charge in [-0.2, -0.15) is 4.98 Å². The van der Waals surface area contributed by atoms with Crippen LogP contribution >= 0.6 is 0 Å². The maximum atomic E-state index is 16.4. The predicted octanol–water partition coefficient (Wildman–Crippen LogP) is 4.56. The SMILES string of the molecule is C=CC(=O)N1C[C@H](C)N(c2nc(=O)n3c4nc(c(F)cc24)-c2c(F)cccc2N(C)C(=O)NCCc2ccnc(C(C)C)c2-3)C[C@H]1C. The van der Waals surface area contributed by atoms with Crippen LogP contribution in [-0.4, -0.2) is 75.1 Å². The van der Waals surface area contributed by atoms with Crippen LogP contribution in [0.5, 0.6) is 0 Å². The number of carbonyl (C=O) groups excluding carboxylic acids is 2.